The molecule has 2 aromatic heterocycles. The number of hydrogen-bond acceptors (Lipinski definition) is 5. The van der Waals surface area contributed by atoms with Gasteiger partial charge in [-0.1, -0.05) is 0 Å². The second kappa shape index (κ2) is 3.36. The average Bonchev–Trinajstić information content (AvgIpc) is 2.66. The Kier molecular flexibility index (Phi) is 2.05. The first-order valence-electron chi connectivity index (χ1n) is 4.13. The van der Waals surface area contributed by atoms with E-state index in [1.807, 2.05) is 6.92 Å². The molecule has 2 rings (SSSR count). The maximum atomic E-state index is 10.9. The van der Waals surface area contributed by atoms with E-state index in [2.05, 4.69) is 25.4 Å². The van der Waals surface area contributed by atoms with Crippen molar-refractivity contribution in [1.29, 1.82) is 0 Å². The van der Waals surface area contributed by atoms with Crippen molar-refractivity contribution < 1.29 is 0 Å². The van der Waals surface area contributed by atoms with E-state index in [1.54, 1.807) is 6.07 Å². The fraction of sp³-hybridized carbons (Fsp3) is 0.286. The minimum atomic E-state index is -0.421. The summed E-state index contributed by atoms with van der Waals surface area (Å²) >= 11 is 0. The molecule has 0 spiro atoms. The van der Waals surface area contributed by atoms with Crippen LogP contribution < -0.4 is 5.69 Å². The summed E-state index contributed by atoms with van der Waals surface area (Å²) in [5.41, 5.74) is 0.0973. The van der Waals surface area contributed by atoms with E-state index in [0.717, 1.165) is 0 Å². The first kappa shape index (κ1) is 8.54. The molecule has 0 aliphatic heterocycles. The lowest BCUT2D eigenvalue weighted by Crippen LogP contribution is -2.09. The minimum Gasteiger partial charge on any atom is -0.302 e. The van der Waals surface area contributed by atoms with Crippen LogP contribution in [0.1, 0.15) is 6.92 Å². The molecule has 0 amide bonds. The van der Waals surface area contributed by atoms with Crippen molar-refractivity contribution in [1.82, 2.24) is 30.2 Å². The summed E-state index contributed by atoms with van der Waals surface area (Å²) in [6.45, 7) is 2.54. The maximum Gasteiger partial charge on any atom is 0.345 e. The van der Waals surface area contributed by atoms with E-state index in [4.69, 9.17) is 0 Å². The Labute approximate surface area is 78.8 Å². The number of nitrogens with zero attached hydrogens (tertiary/aromatic N) is 5. The van der Waals surface area contributed by atoms with E-state index < -0.39 is 5.69 Å². The number of tetrazole rings is 1. The number of hydrogen-bond donors (Lipinski definition) is 1. The monoisotopic (exact) mass is 192 g/mol. The Morgan fingerprint density at radius 3 is 3.07 bits per heavy atom. The second-order valence-corrected chi connectivity index (χ2v) is 2.59. The van der Waals surface area contributed by atoms with Crippen LogP contribution in [-0.2, 0) is 6.54 Å². The van der Waals surface area contributed by atoms with Gasteiger partial charge in [0.1, 0.15) is 0 Å². The number of nitrogens with one attached hydrogen (secondary N) is 1. The number of aryl methyl sites for hydroxylation is 1. The van der Waals surface area contributed by atoms with Crippen molar-refractivity contribution in [3.8, 4) is 11.5 Å². The molecule has 0 radical (unpaired) electrons. The highest BCUT2D eigenvalue weighted by Crippen LogP contribution is 2.05. The maximum absolute atomic E-state index is 10.9. The summed E-state index contributed by atoms with van der Waals surface area (Å²) < 4.78 is 0. The zero-order valence-corrected chi connectivity index (χ0v) is 7.51. The lowest BCUT2D eigenvalue weighted by Gasteiger charge is -1.91. The summed E-state index contributed by atoms with van der Waals surface area (Å²) in [5.74, 6) is 0.395. The van der Waals surface area contributed by atoms with Crippen LogP contribution in [0.3, 0.4) is 0 Å². The van der Waals surface area contributed by atoms with Gasteiger partial charge >= 0.3 is 5.69 Å². The minimum absolute atomic E-state index is 0.395. The highest BCUT2D eigenvalue weighted by atomic mass is 16.1. The Bertz CT molecular complexity index is 487. The molecule has 7 heteroatoms. The molecule has 0 unspecified atom stereocenters. The van der Waals surface area contributed by atoms with Crippen molar-refractivity contribution in [3.05, 3.63) is 22.7 Å². The van der Waals surface area contributed by atoms with Crippen LogP contribution >= 0.6 is 0 Å². The molecule has 7 nitrogen and oxygen atoms in total. The second-order valence-electron chi connectivity index (χ2n) is 2.59. The topological polar surface area (TPSA) is 89.4 Å². The van der Waals surface area contributed by atoms with E-state index >= 15 is 0 Å². The molecular weight excluding hydrogens is 184 g/mol. The van der Waals surface area contributed by atoms with Gasteiger partial charge in [-0.25, -0.2) is 9.78 Å². The Hall–Kier alpha value is -2.05. The van der Waals surface area contributed by atoms with Crippen LogP contribution in [0.25, 0.3) is 11.5 Å². The molecule has 72 valence electrons. The average molecular weight is 192 g/mol. The fourth-order valence-electron chi connectivity index (χ4n) is 0.984. The fourth-order valence-corrected chi connectivity index (χ4v) is 0.984. The predicted molar refractivity (Wildman–Crippen MR) is 47.3 cm³/mol. The third-order valence-electron chi connectivity index (χ3n) is 1.65. The normalized spacial score (nSPS) is 10.4. The van der Waals surface area contributed by atoms with E-state index in [-0.39, 0.29) is 0 Å². The summed E-state index contributed by atoms with van der Waals surface area (Å²) in [6, 6.07) is 1.62. The number of aromatic amines is 1. The van der Waals surface area contributed by atoms with Crippen LogP contribution in [0.5, 0.6) is 0 Å². The summed E-state index contributed by atoms with van der Waals surface area (Å²) in [4.78, 5) is 18.3. The van der Waals surface area contributed by atoms with Crippen molar-refractivity contribution in [2.45, 2.75) is 13.5 Å². The molecule has 0 bridgehead atoms. The zero-order valence-electron chi connectivity index (χ0n) is 7.51. The lowest BCUT2D eigenvalue weighted by molar-refractivity contribution is 0.552. The molecule has 0 aliphatic rings. The molecule has 2 heterocycles. The molecule has 0 saturated carbocycles. The van der Waals surface area contributed by atoms with Crippen LogP contribution in [-0.4, -0.2) is 30.2 Å². The van der Waals surface area contributed by atoms with Crippen molar-refractivity contribution in [3.63, 3.8) is 0 Å². The van der Waals surface area contributed by atoms with Crippen LogP contribution in [0.15, 0.2) is 17.1 Å². The van der Waals surface area contributed by atoms with Crippen molar-refractivity contribution in [2.75, 3.05) is 0 Å². The SMILES string of the molecule is CCn1nnc(-c2ccnc(=O)[nH]2)n1. The van der Waals surface area contributed by atoms with Gasteiger partial charge in [0, 0.05) is 6.20 Å². The smallest absolute Gasteiger partial charge is 0.302 e. The van der Waals surface area contributed by atoms with Gasteiger partial charge in [0.25, 0.3) is 0 Å². The highest BCUT2D eigenvalue weighted by Gasteiger charge is 2.05. The highest BCUT2D eigenvalue weighted by molar-refractivity contribution is 5.45. The number of aromatic nitrogens is 6. The molecule has 2 aromatic rings. The van der Waals surface area contributed by atoms with Gasteiger partial charge in [0.05, 0.1) is 12.2 Å². The number of rotatable bonds is 2. The molecule has 14 heavy (non-hydrogen) atoms. The number of H-pyrrole nitrogens is 1. The third kappa shape index (κ3) is 1.51. The van der Waals surface area contributed by atoms with Crippen molar-refractivity contribution in [2.24, 2.45) is 0 Å². The Morgan fingerprint density at radius 2 is 2.43 bits per heavy atom. The van der Waals surface area contributed by atoms with Gasteiger partial charge in [0.15, 0.2) is 0 Å². The first-order chi connectivity index (χ1) is 6.79. The predicted octanol–water partition coefficient (Wildman–Crippen LogP) is -0.557. The Morgan fingerprint density at radius 1 is 1.57 bits per heavy atom. The molecule has 0 saturated heterocycles. The molecular formula is C7H8N6O. The molecule has 0 aliphatic carbocycles. The summed E-state index contributed by atoms with van der Waals surface area (Å²) in [6.07, 6.45) is 1.40. The zero-order chi connectivity index (χ0) is 9.97. The molecule has 1 N–H and O–H groups in total. The van der Waals surface area contributed by atoms with Crippen molar-refractivity contribution >= 4 is 0 Å². The van der Waals surface area contributed by atoms with Crippen LogP contribution in [0.2, 0.25) is 0 Å². The van der Waals surface area contributed by atoms with E-state index in [9.17, 15) is 4.79 Å². The standard InChI is InChI=1S/C7H8N6O/c1-2-13-11-6(10-12-13)5-3-4-8-7(14)9-5/h3-4H,2H2,1H3,(H,8,9,14). The Balaban J connectivity index is 2.44. The molecule has 0 fully saturated rings. The van der Waals surface area contributed by atoms with Gasteiger partial charge in [-0.3, -0.25) is 0 Å². The quantitative estimate of drug-likeness (QED) is 0.689. The third-order valence-corrected chi connectivity index (χ3v) is 1.65. The summed E-state index contributed by atoms with van der Waals surface area (Å²) in [7, 11) is 0. The van der Waals surface area contributed by atoms with Crippen LogP contribution in [0, 0.1) is 0 Å². The largest absolute Gasteiger partial charge is 0.345 e. The van der Waals surface area contributed by atoms with E-state index in [0.29, 0.717) is 18.1 Å². The molecule has 0 aromatic carbocycles. The lowest BCUT2D eigenvalue weighted by atomic mass is 10.4. The van der Waals surface area contributed by atoms with Gasteiger partial charge < -0.3 is 4.98 Å². The first-order valence-corrected chi connectivity index (χ1v) is 4.13. The van der Waals surface area contributed by atoms with E-state index in [1.165, 1.54) is 11.0 Å². The van der Waals surface area contributed by atoms with Gasteiger partial charge in [-0.15, -0.1) is 10.2 Å². The van der Waals surface area contributed by atoms with Gasteiger partial charge in [-0.05, 0) is 18.2 Å². The van der Waals surface area contributed by atoms with Gasteiger partial charge in [0.2, 0.25) is 5.82 Å². The molecule has 0 atom stereocenters. The van der Waals surface area contributed by atoms with Crippen LogP contribution in [0.4, 0.5) is 0 Å². The summed E-state index contributed by atoms with van der Waals surface area (Å²) in [5, 5.41) is 11.6. The van der Waals surface area contributed by atoms with Gasteiger partial charge in [-0.2, -0.15) is 4.80 Å².